The standard InChI is InChI=1S/C32H40ClN7O5S/c1-32(2,3)45-31(44)36-19-21-9-6-8-20(16-21)17-26(41)38-30-40-39-27(46-30)13-5-4-12-24(34)14-15-25(35)37-29(43)28(42)22-10-7-11-23(33)18-22/h6-11,14-16,18,28,42H,4-5,12-13,17,19,34-35H2,1-3H3,(H,36,44)(H,37,43)(H,38,40,41)/b24-14-,25-15+. The molecule has 1 aromatic heterocycles. The molecule has 0 saturated carbocycles. The highest BCUT2D eigenvalue weighted by Gasteiger charge is 2.18. The van der Waals surface area contributed by atoms with Crippen molar-refractivity contribution in [3.63, 3.8) is 0 Å². The summed E-state index contributed by atoms with van der Waals surface area (Å²) in [6.07, 6.45) is 4.13. The van der Waals surface area contributed by atoms with Crippen molar-refractivity contribution in [3.05, 3.63) is 98.9 Å². The Morgan fingerprint density at radius 2 is 1.78 bits per heavy atom. The lowest BCUT2D eigenvalue weighted by Crippen LogP contribution is -2.32. The third kappa shape index (κ3) is 13.3. The van der Waals surface area contributed by atoms with Crippen LogP contribution in [0.5, 0.6) is 0 Å². The predicted molar refractivity (Wildman–Crippen MR) is 178 cm³/mol. The molecule has 14 heteroatoms. The number of ether oxygens (including phenoxy) is 1. The number of nitrogens with two attached hydrogens (primary N) is 2. The summed E-state index contributed by atoms with van der Waals surface area (Å²) in [5.41, 5.74) is 13.9. The molecule has 0 aliphatic rings. The molecule has 3 rings (SSSR count). The topological polar surface area (TPSA) is 195 Å². The van der Waals surface area contributed by atoms with Crippen LogP contribution in [0.3, 0.4) is 0 Å². The zero-order valence-corrected chi connectivity index (χ0v) is 27.6. The van der Waals surface area contributed by atoms with Crippen LogP contribution in [0, 0.1) is 0 Å². The molecule has 3 aromatic rings. The second kappa shape index (κ2) is 17.3. The predicted octanol–water partition coefficient (Wildman–Crippen LogP) is 4.60. The Hall–Kier alpha value is -4.46. The molecule has 46 heavy (non-hydrogen) atoms. The molecule has 1 atom stereocenters. The van der Waals surface area contributed by atoms with Gasteiger partial charge in [0.1, 0.15) is 16.4 Å². The molecule has 8 N–H and O–H groups in total. The number of aromatic nitrogens is 2. The minimum atomic E-state index is -1.42. The highest BCUT2D eigenvalue weighted by atomic mass is 35.5. The average molecular weight is 670 g/mol. The number of rotatable bonds is 14. The number of unbranched alkanes of at least 4 members (excludes halogenated alkanes) is 1. The van der Waals surface area contributed by atoms with Gasteiger partial charge in [0.25, 0.3) is 5.91 Å². The van der Waals surface area contributed by atoms with Gasteiger partial charge in [0, 0.05) is 23.7 Å². The van der Waals surface area contributed by atoms with Gasteiger partial charge in [0.15, 0.2) is 6.10 Å². The maximum atomic E-state index is 12.6. The zero-order valence-electron chi connectivity index (χ0n) is 26.0. The molecule has 0 radical (unpaired) electrons. The second-order valence-electron chi connectivity index (χ2n) is 11.4. The van der Waals surface area contributed by atoms with E-state index in [2.05, 4.69) is 26.1 Å². The number of nitrogens with zero attached hydrogens (tertiary/aromatic N) is 2. The number of nitrogens with one attached hydrogen (secondary N) is 3. The molecule has 0 aliphatic heterocycles. The summed E-state index contributed by atoms with van der Waals surface area (Å²) in [5.74, 6) is -0.866. The number of amides is 3. The molecule has 0 saturated heterocycles. The molecule has 1 heterocycles. The summed E-state index contributed by atoms with van der Waals surface area (Å²) in [4.78, 5) is 36.8. The van der Waals surface area contributed by atoms with Crippen LogP contribution in [0.15, 0.2) is 72.2 Å². The van der Waals surface area contributed by atoms with Crippen LogP contribution in [0.4, 0.5) is 9.93 Å². The number of aryl methyl sites for hydroxylation is 1. The van der Waals surface area contributed by atoms with E-state index in [1.165, 1.54) is 23.5 Å². The smallest absolute Gasteiger partial charge is 0.407 e. The third-order valence-electron chi connectivity index (χ3n) is 6.17. The van der Waals surface area contributed by atoms with Gasteiger partial charge < -0.3 is 37.3 Å². The van der Waals surface area contributed by atoms with E-state index in [9.17, 15) is 19.5 Å². The van der Waals surface area contributed by atoms with Crippen molar-refractivity contribution >= 4 is 46.0 Å². The number of anilines is 1. The van der Waals surface area contributed by atoms with E-state index in [1.807, 2.05) is 24.3 Å². The molecular formula is C32H40ClN7O5S. The van der Waals surface area contributed by atoms with E-state index >= 15 is 0 Å². The van der Waals surface area contributed by atoms with Gasteiger partial charge in [-0.2, -0.15) is 0 Å². The minimum Gasteiger partial charge on any atom is -0.444 e. The third-order valence-corrected chi connectivity index (χ3v) is 7.30. The molecule has 3 amide bonds. The van der Waals surface area contributed by atoms with Crippen molar-refractivity contribution < 1.29 is 24.2 Å². The number of aliphatic hydroxyl groups is 1. The Labute approximate surface area is 277 Å². The fraction of sp³-hybridized carbons (Fsp3) is 0.344. The number of aliphatic hydroxyl groups excluding tert-OH is 1. The van der Waals surface area contributed by atoms with Gasteiger partial charge in [0.2, 0.25) is 11.0 Å². The lowest BCUT2D eigenvalue weighted by atomic mass is 10.1. The second-order valence-corrected chi connectivity index (χ2v) is 12.9. The first-order chi connectivity index (χ1) is 21.8. The minimum absolute atomic E-state index is 0.0420. The van der Waals surface area contributed by atoms with Crippen molar-refractivity contribution in [3.8, 4) is 0 Å². The van der Waals surface area contributed by atoms with Crippen LogP contribution in [0.25, 0.3) is 0 Å². The average Bonchev–Trinajstić information content (AvgIpc) is 3.42. The first kappa shape index (κ1) is 36.0. The number of alkyl carbamates (subject to hydrolysis) is 1. The van der Waals surface area contributed by atoms with E-state index < -0.39 is 23.7 Å². The quantitative estimate of drug-likeness (QED) is 0.105. The van der Waals surface area contributed by atoms with Gasteiger partial charge in [-0.3, -0.25) is 9.59 Å². The lowest BCUT2D eigenvalue weighted by Gasteiger charge is -2.19. The molecular weight excluding hydrogens is 630 g/mol. The number of hydrogen-bond acceptors (Lipinski definition) is 10. The highest BCUT2D eigenvalue weighted by molar-refractivity contribution is 7.15. The van der Waals surface area contributed by atoms with E-state index in [1.54, 1.807) is 45.0 Å². The number of carbonyl (C=O) groups is 3. The maximum absolute atomic E-state index is 12.6. The highest BCUT2D eigenvalue weighted by Crippen LogP contribution is 2.20. The number of carbonyl (C=O) groups excluding carboxylic acids is 3. The molecule has 246 valence electrons. The van der Waals surface area contributed by atoms with Crippen molar-refractivity contribution in [2.45, 2.75) is 71.1 Å². The van der Waals surface area contributed by atoms with Gasteiger partial charge in [-0.1, -0.05) is 59.3 Å². The van der Waals surface area contributed by atoms with E-state index in [4.69, 9.17) is 27.8 Å². The molecule has 1 unspecified atom stereocenters. The summed E-state index contributed by atoms with van der Waals surface area (Å²) < 4.78 is 5.25. The SMILES string of the molecule is CC(C)(C)OC(=O)NCc1cccc(CC(=O)Nc2nnc(CCCC/C(N)=C/C=C(\N)NC(=O)C(O)c3cccc(Cl)c3)s2)c1. The fourth-order valence-electron chi connectivity index (χ4n) is 4.06. The van der Waals surface area contributed by atoms with Crippen molar-refractivity contribution in [1.29, 1.82) is 0 Å². The van der Waals surface area contributed by atoms with Gasteiger partial charge in [-0.05, 0) is 81.0 Å². The van der Waals surface area contributed by atoms with Gasteiger partial charge >= 0.3 is 6.09 Å². The molecule has 12 nitrogen and oxygen atoms in total. The van der Waals surface area contributed by atoms with E-state index in [-0.39, 0.29) is 24.7 Å². The van der Waals surface area contributed by atoms with Crippen LogP contribution in [-0.4, -0.2) is 38.8 Å². The summed E-state index contributed by atoms with van der Waals surface area (Å²) >= 11 is 7.23. The zero-order chi connectivity index (χ0) is 33.7. The van der Waals surface area contributed by atoms with Crippen LogP contribution in [0.1, 0.15) is 67.8 Å². The molecule has 0 bridgehead atoms. The molecule has 0 spiro atoms. The Morgan fingerprint density at radius 1 is 1.04 bits per heavy atom. The first-order valence-electron chi connectivity index (χ1n) is 14.6. The Balaban J connectivity index is 1.37. The maximum Gasteiger partial charge on any atom is 0.407 e. The summed E-state index contributed by atoms with van der Waals surface area (Å²) in [6.45, 7) is 5.67. The van der Waals surface area contributed by atoms with Crippen LogP contribution < -0.4 is 27.4 Å². The summed E-state index contributed by atoms with van der Waals surface area (Å²) in [5, 5.41) is 28.0. The number of hydrogen-bond donors (Lipinski definition) is 6. The number of benzene rings is 2. The Kier molecular flexibility index (Phi) is 13.5. The Bertz CT molecular complexity index is 1570. The van der Waals surface area contributed by atoms with Gasteiger partial charge in [-0.15, -0.1) is 10.2 Å². The molecule has 0 fully saturated rings. The van der Waals surface area contributed by atoms with Crippen molar-refractivity contribution in [2.75, 3.05) is 5.32 Å². The van der Waals surface area contributed by atoms with Gasteiger partial charge in [0.05, 0.1) is 6.42 Å². The normalized spacial score (nSPS) is 12.7. The summed E-state index contributed by atoms with van der Waals surface area (Å²) in [6, 6.07) is 13.8. The van der Waals surface area contributed by atoms with Crippen LogP contribution in [0.2, 0.25) is 5.02 Å². The fourth-order valence-corrected chi connectivity index (χ4v) is 5.05. The Morgan fingerprint density at radius 3 is 2.52 bits per heavy atom. The van der Waals surface area contributed by atoms with Crippen LogP contribution >= 0.6 is 22.9 Å². The van der Waals surface area contributed by atoms with Crippen molar-refractivity contribution in [2.24, 2.45) is 11.5 Å². The number of allylic oxidation sites excluding steroid dienone is 3. The van der Waals surface area contributed by atoms with Crippen LogP contribution in [-0.2, 0) is 33.7 Å². The van der Waals surface area contributed by atoms with E-state index in [0.29, 0.717) is 34.3 Å². The largest absolute Gasteiger partial charge is 0.444 e. The first-order valence-corrected chi connectivity index (χ1v) is 15.8. The lowest BCUT2D eigenvalue weighted by molar-refractivity contribution is -0.128. The monoisotopic (exact) mass is 669 g/mol. The number of halogens is 1. The summed E-state index contributed by atoms with van der Waals surface area (Å²) in [7, 11) is 0. The molecule has 2 aromatic carbocycles. The van der Waals surface area contributed by atoms with E-state index in [0.717, 1.165) is 29.0 Å². The van der Waals surface area contributed by atoms with Crippen molar-refractivity contribution in [1.82, 2.24) is 20.8 Å². The van der Waals surface area contributed by atoms with Gasteiger partial charge in [-0.25, -0.2) is 4.79 Å². The molecule has 0 aliphatic carbocycles.